The summed E-state index contributed by atoms with van der Waals surface area (Å²) in [7, 11) is 0. The molecule has 49 heavy (non-hydrogen) atoms. The first kappa shape index (κ1) is 27.9. The van der Waals surface area contributed by atoms with Crippen LogP contribution in [0.1, 0.15) is 25.0 Å². The second kappa shape index (κ2) is 10.4. The molecule has 1 aliphatic rings. The van der Waals surface area contributed by atoms with Crippen LogP contribution in [0.2, 0.25) is 0 Å². The molecule has 0 amide bonds. The third-order valence-corrected chi connectivity index (χ3v) is 10.8. The van der Waals surface area contributed by atoms with E-state index in [0.717, 1.165) is 17.1 Å². The highest BCUT2D eigenvalue weighted by molar-refractivity contribution is 6.28. The van der Waals surface area contributed by atoms with Gasteiger partial charge in [-0.2, -0.15) is 0 Å². The van der Waals surface area contributed by atoms with E-state index in [4.69, 9.17) is 0 Å². The van der Waals surface area contributed by atoms with Crippen LogP contribution in [0.4, 0.5) is 17.1 Å². The van der Waals surface area contributed by atoms with E-state index in [1.54, 1.807) is 0 Å². The minimum absolute atomic E-state index is 0.105. The average Bonchev–Trinajstić information content (AvgIpc) is 3.68. The number of benzene rings is 8. The maximum Gasteiger partial charge on any atom is 0.0546 e. The van der Waals surface area contributed by atoms with Gasteiger partial charge in [0.05, 0.1) is 11.2 Å². The molecule has 0 radical (unpaired) electrons. The van der Waals surface area contributed by atoms with Crippen LogP contribution in [-0.4, -0.2) is 4.57 Å². The van der Waals surface area contributed by atoms with Gasteiger partial charge in [-0.3, -0.25) is 0 Å². The van der Waals surface area contributed by atoms with Crippen LogP contribution in [-0.2, 0) is 5.41 Å². The molecular weight excluding hydrogens is 593 g/mol. The largest absolute Gasteiger partial charge is 0.317 e. The summed E-state index contributed by atoms with van der Waals surface area (Å²) in [4.78, 5) is 2.49. The van der Waals surface area contributed by atoms with Gasteiger partial charge in [0.1, 0.15) is 0 Å². The minimum Gasteiger partial charge on any atom is -0.317 e. The van der Waals surface area contributed by atoms with Crippen LogP contribution in [0, 0.1) is 0 Å². The molecule has 0 saturated heterocycles. The van der Waals surface area contributed by atoms with Crippen LogP contribution in [0.3, 0.4) is 0 Å². The summed E-state index contributed by atoms with van der Waals surface area (Å²) in [5.74, 6) is 0. The van der Waals surface area contributed by atoms with Crippen molar-refractivity contribution in [2.24, 2.45) is 0 Å². The highest BCUT2D eigenvalue weighted by Gasteiger charge is 2.36. The smallest absolute Gasteiger partial charge is 0.0546 e. The molecule has 8 aromatic carbocycles. The first-order chi connectivity index (χ1) is 24.1. The number of nitrogens with zero attached hydrogens (tertiary/aromatic N) is 2. The van der Waals surface area contributed by atoms with Crippen molar-refractivity contribution in [3.8, 4) is 16.8 Å². The first-order valence-electron chi connectivity index (χ1n) is 17.1. The van der Waals surface area contributed by atoms with E-state index < -0.39 is 0 Å². The third-order valence-electron chi connectivity index (χ3n) is 10.8. The molecule has 0 unspecified atom stereocenters. The SMILES string of the molecule is CC1(C)c2ccccc2-c2ccc(N(c3ccc4c(ccn4-c4ccccc4)c3)c3cccc4c5ccccc5c5ccccc5c34)cc21. The van der Waals surface area contributed by atoms with Crippen molar-refractivity contribution in [2.75, 3.05) is 4.90 Å². The van der Waals surface area contributed by atoms with Gasteiger partial charge < -0.3 is 9.47 Å². The van der Waals surface area contributed by atoms with Crippen LogP contribution in [0.25, 0.3) is 60.0 Å². The summed E-state index contributed by atoms with van der Waals surface area (Å²) in [6.45, 7) is 4.73. The van der Waals surface area contributed by atoms with Gasteiger partial charge in [-0.15, -0.1) is 0 Å². The Bertz CT molecular complexity index is 2700. The molecule has 0 spiro atoms. The summed E-state index contributed by atoms with van der Waals surface area (Å²) >= 11 is 0. The predicted octanol–water partition coefficient (Wildman–Crippen LogP) is 12.9. The number of anilines is 3. The lowest BCUT2D eigenvalue weighted by Crippen LogP contribution is -2.16. The Balaban J connectivity index is 1.26. The number of hydrogen-bond acceptors (Lipinski definition) is 1. The molecule has 0 N–H and O–H groups in total. The number of fused-ring (bicyclic) bond motifs is 10. The molecule has 1 heterocycles. The lowest BCUT2D eigenvalue weighted by molar-refractivity contribution is 0.660. The van der Waals surface area contributed by atoms with Gasteiger partial charge >= 0.3 is 0 Å². The molecule has 9 aromatic rings. The standard InChI is InChI=1S/C47H34N2/c1-47(2)42-21-11-10-18-38(42)39-25-23-34(30-43(39)47)49(33-24-26-44-31(29-33)27-28-48(44)32-13-4-3-5-14-32)45-22-12-20-41-37-16-7-6-15-35(37)36-17-8-9-19-40(36)46(41)45/h3-30H,1-2H3. The van der Waals surface area contributed by atoms with Gasteiger partial charge in [0.2, 0.25) is 0 Å². The van der Waals surface area contributed by atoms with Gasteiger partial charge in [0, 0.05) is 39.4 Å². The summed E-state index contributed by atoms with van der Waals surface area (Å²) in [5.41, 5.74) is 11.1. The Morgan fingerprint density at radius 2 is 1.06 bits per heavy atom. The molecule has 2 heteroatoms. The van der Waals surface area contributed by atoms with Gasteiger partial charge in [0.15, 0.2) is 0 Å². The van der Waals surface area contributed by atoms with Crippen LogP contribution >= 0.6 is 0 Å². The summed E-state index contributed by atoms with van der Waals surface area (Å²) < 4.78 is 2.27. The van der Waals surface area contributed by atoms with E-state index in [1.165, 1.54) is 71.2 Å². The van der Waals surface area contributed by atoms with E-state index in [1.807, 2.05) is 0 Å². The van der Waals surface area contributed by atoms with Gasteiger partial charge in [0.25, 0.3) is 0 Å². The lowest BCUT2D eigenvalue weighted by atomic mass is 9.82. The van der Waals surface area contributed by atoms with Crippen molar-refractivity contribution in [2.45, 2.75) is 19.3 Å². The first-order valence-corrected chi connectivity index (χ1v) is 17.1. The molecule has 1 aliphatic carbocycles. The van der Waals surface area contributed by atoms with Gasteiger partial charge in [-0.1, -0.05) is 123 Å². The van der Waals surface area contributed by atoms with E-state index in [9.17, 15) is 0 Å². The average molecular weight is 627 g/mol. The molecule has 0 atom stereocenters. The molecule has 2 nitrogen and oxygen atoms in total. The Morgan fingerprint density at radius 3 is 1.84 bits per heavy atom. The summed E-state index contributed by atoms with van der Waals surface area (Å²) in [6, 6.07) is 60.3. The zero-order chi connectivity index (χ0) is 32.7. The Hall–Kier alpha value is -6.12. The molecule has 0 saturated carbocycles. The monoisotopic (exact) mass is 626 g/mol. The second-order valence-corrected chi connectivity index (χ2v) is 13.8. The van der Waals surface area contributed by atoms with E-state index in [2.05, 4.69) is 193 Å². The zero-order valence-corrected chi connectivity index (χ0v) is 27.6. The number of aromatic nitrogens is 1. The van der Waals surface area contributed by atoms with Gasteiger partial charge in [-0.05, 0) is 104 Å². The Kier molecular flexibility index (Phi) is 5.95. The van der Waals surface area contributed by atoms with Crippen molar-refractivity contribution in [1.82, 2.24) is 4.57 Å². The fourth-order valence-electron chi connectivity index (χ4n) is 8.46. The Morgan fingerprint density at radius 1 is 0.469 bits per heavy atom. The van der Waals surface area contributed by atoms with Crippen molar-refractivity contribution in [1.29, 1.82) is 0 Å². The molecule has 0 bridgehead atoms. The maximum absolute atomic E-state index is 2.49. The summed E-state index contributed by atoms with van der Waals surface area (Å²) in [5, 5.41) is 8.84. The normalized spacial score (nSPS) is 13.3. The molecule has 1 aromatic heterocycles. The maximum atomic E-state index is 2.49. The number of para-hydroxylation sites is 1. The van der Waals surface area contributed by atoms with E-state index >= 15 is 0 Å². The molecule has 0 aliphatic heterocycles. The van der Waals surface area contributed by atoms with E-state index in [-0.39, 0.29) is 5.41 Å². The van der Waals surface area contributed by atoms with Crippen molar-refractivity contribution in [3.05, 3.63) is 181 Å². The quantitative estimate of drug-likeness (QED) is 0.176. The van der Waals surface area contributed by atoms with Gasteiger partial charge in [-0.25, -0.2) is 0 Å². The van der Waals surface area contributed by atoms with Crippen molar-refractivity contribution in [3.63, 3.8) is 0 Å². The molecule has 232 valence electrons. The second-order valence-electron chi connectivity index (χ2n) is 13.8. The fourth-order valence-corrected chi connectivity index (χ4v) is 8.46. The van der Waals surface area contributed by atoms with Crippen molar-refractivity contribution >= 4 is 60.3 Å². The van der Waals surface area contributed by atoms with Crippen molar-refractivity contribution < 1.29 is 0 Å². The molecular formula is C47H34N2. The van der Waals surface area contributed by atoms with Crippen LogP contribution in [0.15, 0.2) is 170 Å². The topological polar surface area (TPSA) is 8.17 Å². The highest BCUT2D eigenvalue weighted by atomic mass is 15.1. The fraction of sp³-hybridized carbons (Fsp3) is 0.0638. The van der Waals surface area contributed by atoms with Crippen LogP contribution < -0.4 is 4.90 Å². The predicted molar refractivity (Wildman–Crippen MR) is 208 cm³/mol. The third kappa shape index (κ3) is 4.07. The zero-order valence-electron chi connectivity index (χ0n) is 27.6. The molecule has 0 fully saturated rings. The lowest BCUT2D eigenvalue weighted by Gasteiger charge is -2.30. The Labute approximate surface area is 286 Å². The minimum atomic E-state index is -0.105. The van der Waals surface area contributed by atoms with Crippen LogP contribution in [0.5, 0.6) is 0 Å². The summed E-state index contributed by atoms with van der Waals surface area (Å²) in [6.07, 6.45) is 2.18. The number of rotatable bonds is 4. The molecule has 10 rings (SSSR count). The highest BCUT2D eigenvalue weighted by Crippen LogP contribution is 2.52. The number of hydrogen-bond donors (Lipinski definition) is 0. The van der Waals surface area contributed by atoms with E-state index in [0.29, 0.717) is 0 Å².